The fourth-order valence-electron chi connectivity index (χ4n) is 8.75. The van der Waals surface area contributed by atoms with Crippen LogP contribution < -0.4 is 0 Å². The predicted octanol–water partition coefficient (Wildman–Crippen LogP) is 7.54. The maximum atomic E-state index is 12.9. The largest absolute Gasteiger partial charge is 0.393 e. The lowest BCUT2D eigenvalue weighted by molar-refractivity contribution is -0.0905. The molecule has 0 spiro atoms. The van der Waals surface area contributed by atoms with Gasteiger partial charge in [-0.05, 0) is 90.1 Å². The number of fused-ring (bicyclic) bond motifs is 4. The topological polar surface area (TPSA) is 37.3 Å². The highest BCUT2D eigenvalue weighted by atomic mass is 16.3. The van der Waals surface area contributed by atoms with Gasteiger partial charge in [0.05, 0.1) is 6.10 Å². The van der Waals surface area contributed by atoms with Crippen LogP contribution in [0.5, 0.6) is 0 Å². The zero-order valence-corrected chi connectivity index (χ0v) is 21.3. The molecule has 2 nitrogen and oxygen atoms in total. The number of hydrogen-bond donors (Lipinski definition) is 1. The van der Waals surface area contributed by atoms with Crippen molar-refractivity contribution in [2.24, 2.45) is 34.0 Å². The standard InChI is InChI=1S/C31H42O2/c1-20(19-26(32)21-9-7-6-8-10-21)23-12-13-24-22-11-14-27-29(2,3)28(33)16-18-31(27,5)25(22)15-17-30(23,24)4/h6-10,13,20,23,27-28,33H,11-12,14-19H2,1-5H3/t20-,23-,27+,28+,30-,31-/m1/s1. The number of carbonyl (C=O) groups is 1. The van der Waals surface area contributed by atoms with Crippen molar-refractivity contribution in [2.75, 3.05) is 0 Å². The van der Waals surface area contributed by atoms with Gasteiger partial charge in [-0.25, -0.2) is 0 Å². The minimum absolute atomic E-state index is 0.00874. The summed E-state index contributed by atoms with van der Waals surface area (Å²) in [7, 11) is 0. The predicted molar refractivity (Wildman–Crippen MR) is 135 cm³/mol. The maximum absolute atomic E-state index is 12.9. The molecule has 5 rings (SSSR count). The molecule has 0 radical (unpaired) electrons. The van der Waals surface area contributed by atoms with Gasteiger partial charge in [0.15, 0.2) is 5.78 Å². The van der Waals surface area contributed by atoms with E-state index in [2.05, 4.69) is 40.7 Å². The summed E-state index contributed by atoms with van der Waals surface area (Å²) in [6.45, 7) is 11.9. The molecule has 4 aliphatic rings. The summed E-state index contributed by atoms with van der Waals surface area (Å²) in [5.74, 6) is 1.78. The van der Waals surface area contributed by atoms with Crippen molar-refractivity contribution in [3.8, 4) is 0 Å². The first kappa shape index (κ1) is 23.1. The first-order valence-corrected chi connectivity index (χ1v) is 13.3. The number of hydrogen-bond acceptors (Lipinski definition) is 2. The maximum Gasteiger partial charge on any atom is 0.163 e. The summed E-state index contributed by atoms with van der Waals surface area (Å²) in [4.78, 5) is 12.9. The van der Waals surface area contributed by atoms with Crippen LogP contribution in [0.3, 0.4) is 0 Å². The summed E-state index contributed by atoms with van der Waals surface area (Å²) >= 11 is 0. The number of rotatable bonds is 4. The summed E-state index contributed by atoms with van der Waals surface area (Å²) in [6.07, 6.45) is 10.9. The Balaban J connectivity index is 1.40. The number of ketones is 1. The second-order valence-corrected chi connectivity index (χ2v) is 12.7. The zero-order valence-electron chi connectivity index (χ0n) is 21.3. The molecule has 0 unspecified atom stereocenters. The third-order valence-electron chi connectivity index (χ3n) is 10.7. The Morgan fingerprint density at radius 2 is 1.76 bits per heavy atom. The Morgan fingerprint density at radius 1 is 1.03 bits per heavy atom. The molecule has 33 heavy (non-hydrogen) atoms. The lowest BCUT2D eigenvalue weighted by atomic mass is 9.46. The highest BCUT2D eigenvalue weighted by molar-refractivity contribution is 5.96. The molecular weight excluding hydrogens is 404 g/mol. The quantitative estimate of drug-likeness (QED) is 0.485. The number of aliphatic hydroxyl groups is 1. The molecule has 1 saturated carbocycles. The molecule has 0 saturated heterocycles. The average Bonchev–Trinajstić information content (AvgIpc) is 3.14. The van der Waals surface area contributed by atoms with Gasteiger partial charge in [-0.1, -0.05) is 76.6 Å². The molecule has 1 aromatic carbocycles. The van der Waals surface area contributed by atoms with E-state index in [1.807, 2.05) is 30.3 Å². The minimum Gasteiger partial charge on any atom is -0.393 e. The van der Waals surface area contributed by atoms with Crippen molar-refractivity contribution in [3.05, 3.63) is 58.7 Å². The second kappa shape index (κ2) is 7.94. The summed E-state index contributed by atoms with van der Waals surface area (Å²) < 4.78 is 0. The zero-order chi connectivity index (χ0) is 23.6. The van der Waals surface area contributed by atoms with E-state index < -0.39 is 0 Å². The van der Waals surface area contributed by atoms with Crippen molar-refractivity contribution in [2.45, 2.75) is 92.1 Å². The molecule has 0 amide bonds. The van der Waals surface area contributed by atoms with Crippen molar-refractivity contribution in [1.29, 1.82) is 0 Å². The Bertz CT molecular complexity index is 999. The Hall–Kier alpha value is -1.67. The lowest BCUT2D eigenvalue weighted by Gasteiger charge is -2.59. The van der Waals surface area contributed by atoms with Crippen molar-refractivity contribution >= 4 is 5.78 Å². The molecule has 2 heteroatoms. The monoisotopic (exact) mass is 446 g/mol. The lowest BCUT2D eigenvalue weighted by Crippen LogP contribution is -2.53. The summed E-state index contributed by atoms with van der Waals surface area (Å²) in [5, 5.41) is 10.8. The fourth-order valence-corrected chi connectivity index (χ4v) is 8.75. The van der Waals surface area contributed by atoms with E-state index in [0.717, 1.165) is 31.2 Å². The van der Waals surface area contributed by atoms with Crippen LogP contribution in [0.4, 0.5) is 0 Å². The van der Waals surface area contributed by atoms with Gasteiger partial charge in [0.2, 0.25) is 0 Å². The number of aliphatic hydroxyl groups excluding tert-OH is 1. The van der Waals surface area contributed by atoms with Crippen LogP contribution in [-0.2, 0) is 0 Å². The number of Topliss-reactive ketones (excluding diaryl/α,β-unsaturated/α-hetero) is 1. The molecule has 1 N–H and O–H groups in total. The number of benzene rings is 1. The van der Waals surface area contributed by atoms with E-state index in [1.54, 1.807) is 16.7 Å². The van der Waals surface area contributed by atoms with Gasteiger partial charge < -0.3 is 5.11 Å². The van der Waals surface area contributed by atoms with E-state index in [1.165, 1.54) is 19.3 Å². The Morgan fingerprint density at radius 3 is 2.48 bits per heavy atom. The molecule has 178 valence electrons. The molecule has 0 heterocycles. The van der Waals surface area contributed by atoms with Gasteiger partial charge in [-0.15, -0.1) is 0 Å². The third kappa shape index (κ3) is 3.42. The van der Waals surface area contributed by atoms with Gasteiger partial charge in [0, 0.05) is 12.0 Å². The van der Waals surface area contributed by atoms with E-state index in [4.69, 9.17) is 0 Å². The molecule has 0 aliphatic heterocycles. The van der Waals surface area contributed by atoms with Gasteiger partial charge >= 0.3 is 0 Å². The number of allylic oxidation sites excluding steroid dienone is 4. The fraction of sp³-hybridized carbons (Fsp3) is 0.645. The van der Waals surface area contributed by atoms with Crippen molar-refractivity contribution < 1.29 is 9.90 Å². The van der Waals surface area contributed by atoms with Crippen LogP contribution in [0, 0.1) is 34.0 Å². The van der Waals surface area contributed by atoms with Crippen LogP contribution in [0.25, 0.3) is 0 Å². The normalized spacial score (nSPS) is 38.1. The summed E-state index contributed by atoms with van der Waals surface area (Å²) in [6, 6.07) is 9.81. The minimum atomic E-state index is -0.176. The highest BCUT2D eigenvalue weighted by Crippen LogP contribution is 2.66. The summed E-state index contributed by atoms with van der Waals surface area (Å²) in [5.41, 5.74) is 6.27. The Kier molecular flexibility index (Phi) is 5.55. The molecule has 0 bridgehead atoms. The molecule has 6 atom stereocenters. The van der Waals surface area contributed by atoms with Gasteiger partial charge in [-0.2, -0.15) is 0 Å². The Labute approximate surface area is 200 Å². The molecule has 4 aliphatic carbocycles. The van der Waals surface area contributed by atoms with Crippen LogP contribution in [0.15, 0.2) is 53.1 Å². The van der Waals surface area contributed by atoms with Crippen LogP contribution in [-0.4, -0.2) is 17.0 Å². The number of carbonyl (C=O) groups excluding carboxylic acids is 1. The smallest absolute Gasteiger partial charge is 0.163 e. The SMILES string of the molecule is C[C@H](CC(=O)c1ccccc1)[C@H]1CC=C2C3=C(CC[C@@]21C)[C@@]1(C)CC[C@H](O)C(C)(C)[C@@H]1CC3. The first-order chi connectivity index (χ1) is 15.6. The molecular formula is C31H42O2. The molecule has 0 aromatic heterocycles. The van der Waals surface area contributed by atoms with Crippen LogP contribution >= 0.6 is 0 Å². The van der Waals surface area contributed by atoms with Crippen molar-refractivity contribution in [3.63, 3.8) is 0 Å². The third-order valence-corrected chi connectivity index (χ3v) is 10.7. The second-order valence-electron chi connectivity index (χ2n) is 12.7. The van der Waals surface area contributed by atoms with Gasteiger partial charge in [0.1, 0.15) is 0 Å². The van der Waals surface area contributed by atoms with E-state index >= 15 is 0 Å². The first-order valence-electron chi connectivity index (χ1n) is 13.3. The molecule has 1 fully saturated rings. The van der Waals surface area contributed by atoms with E-state index in [0.29, 0.717) is 24.2 Å². The van der Waals surface area contributed by atoms with Crippen LogP contribution in [0.1, 0.15) is 96.3 Å². The van der Waals surface area contributed by atoms with Gasteiger partial charge in [0.25, 0.3) is 0 Å². The average molecular weight is 447 g/mol. The van der Waals surface area contributed by atoms with E-state index in [9.17, 15) is 9.90 Å². The highest BCUT2D eigenvalue weighted by Gasteiger charge is 2.57. The van der Waals surface area contributed by atoms with E-state index in [-0.39, 0.29) is 28.1 Å². The van der Waals surface area contributed by atoms with Crippen LogP contribution in [0.2, 0.25) is 0 Å². The van der Waals surface area contributed by atoms with Gasteiger partial charge in [-0.3, -0.25) is 4.79 Å². The van der Waals surface area contributed by atoms with Crippen molar-refractivity contribution in [1.82, 2.24) is 0 Å². The molecule has 1 aromatic rings.